The van der Waals surface area contributed by atoms with Crippen LogP contribution in [0.25, 0.3) is 0 Å². The minimum atomic E-state index is -0.550. The summed E-state index contributed by atoms with van der Waals surface area (Å²) in [5.41, 5.74) is 0.836. The highest BCUT2D eigenvalue weighted by molar-refractivity contribution is 5.29. The SMILES string of the molecule is COc1ccc(CN(C)CC(O)COC(C)C)cc1F. The molecule has 0 aliphatic heterocycles. The van der Waals surface area contributed by atoms with Gasteiger partial charge in [-0.15, -0.1) is 0 Å². The summed E-state index contributed by atoms with van der Waals surface area (Å²) < 4.78 is 23.8. The van der Waals surface area contributed by atoms with Crippen LogP contribution in [-0.4, -0.2) is 49.5 Å². The van der Waals surface area contributed by atoms with Gasteiger partial charge in [-0.1, -0.05) is 6.07 Å². The number of hydrogen-bond donors (Lipinski definition) is 1. The van der Waals surface area contributed by atoms with Crippen LogP contribution >= 0.6 is 0 Å². The fraction of sp³-hybridized carbons (Fsp3) is 0.600. The third-order valence-corrected chi connectivity index (χ3v) is 2.81. The molecule has 1 unspecified atom stereocenters. The number of benzene rings is 1. The molecule has 0 heterocycles. The highest BCUT2D eigenvalue weighted by Gasteiger charge is 2.11. The zero-order chi connectivity index (χ0) is 15.1. The topological polar surface area (TPSA) is 41.9 Å². The molecule has 0 radical (unpaired) electrons. The van der Waals surface area contributed by atoms with Crippen LogP contribution in [0.2, 0.25) is 0 Å². The first-order valence-electron chi connectivity index (χ1n) is 6.73. The van der Waals surface area contributed by atoms with Gasteiger partial charge in [0.25, 0.3) is 0 Å². The minimum absolute atomic E-state index is 0.102. The molecule has 0 fully saturated rings. The van der Waals surface area contributed by atoms with E-state index in [2.05, 4.69) is 0 Å². The van der Waals surface area contributed by atoms with E-state index in [1.165, 1.54) is 13.2 Å². The summed E-state index contributed by atoms with van der Waals surface area (Å²) >= 11 is 0. The molecule has 0 spiro atoms. The van der Waals surface area contributed by atoms with Gasteiger partial charge in [0.05, 0.1) is 25.9 Å². The largest absolute Gasteiger partial charge is 0.494 e. The molecule has 1 atom stereocenters. The number of ether oxygens (including phenoxy) is 2. The molecule has 5 heteroatoms. The Morgan fingerprint density at radius 1 is 1.35 bits per heavy atom. The molecule has 0 amide bonds. The molecular formula is C15H24FNO3. The summed E-state index contributed by atoms with van der Waals surface area (Å²) in [6.45, 7) is 5.19. The second kappa shape index (κ2) is 8.19. The second-order valence-corrected chi connectivity index (χ2v) is 5.20. The van der Waals surface area contributed by atoms with E-state index in [0.717, 1.165) is 5.56 Å². The molecule has 0 aromatic heterocycles. The Labute approximate surface area is 120 Å². The Balaban J connectivity index is 2.45. The lowest BCUT2D eigenvalue weighted by molar-refractivity contribution is -0.00635. The molecule has 0 aliphatic carbocycles. The Bertz CT molecular complexity index is 412. The Morgan fingerprint density at radius 2 is 2.05 bits per heavy atom. The van der Waals surface area contributed by atoms with Crippen LogP contribution < -0.4 is 4.74 Å². The number of halogens is 1. The average molecular weight is 285 g/mol. The van der Waals surface area contributed by atoms with Crippen LogP contribution in [-0.2, 0) is 11.3 Å². The maximum absolute atomic E-state index is 13.6. The molecule has 0 aliphatic rings. The Morgan fingerprint density at radius 3 is 2.60 bits per heavy atom. The summed E-state index contributed by atoms with van der Waals surface area (Å²) in [6, 6.07) is 4.87. The quantitative estimate of drug-likeness (QED) is 0.794. The predicted octanol–water partition coefficient (Wildman–Crippen LogP) is 2.05. The van der Waals surface area contributed by atoms with Gasteiger partial charge in [-0.25, -0.2) is 4.39 Å². The number of methoxy groups -OCH3 is 1. The number of rotatable bonds is 8. The van der Waals surface area contributed by atoms with Crippen LogP contribution in [0.15, 0.2) is 18.2 Å². The van der Waals surface area contributed by atoms with Crippen molar-refractivity contribution in [3.8, 4) is 5.75 Å². The number of aliphatic hydroxyl groups excluding tert-OH is 1. The molecule has 20 heavy (non-hydrogen) atoms. The predicted molar refractivity (Wildman–Crippen MR) is 76.4 cm³/mol. The zero-order valence-corrected chi connectivity index (χ0v) is 12.6. The van der Waals surface area contributed by atoms with Crippen molar-refractivity contribution in [2.75, 3.05) is 27.3 Å². The number of nitrogens with zero attached hydrogens (tertiary/aromatic N) is 1. The number of hydrogen-bond acceptors (Lipinski definition) is 4. The van der Waals surface area contributed by atoms with Gasteiger partial charge in [-0.05, 0) is 38.6 Å². The van der Waals surface area contributed by atoms with Crippen molar-refractivity contribution in [3.63, 3.8) is 0 Å². The van der Waals surface area contributed by atoms with Crippen LogP contribution in [0, 0.1) is 5.82 Å². The second-order valence-electron chi connectivity index (χ2n) is 5.20. The van der Waals surface area contributed by atoms with Crippen LogP contribution in [0.4, 0.5) is 4.39 Å². The van der Waals surface area contributed by atoms with Crippen molar-refractivity contribution >= 4 is 0 Å². The standard InChI is InChI=1S/C15H24FNO3/c1-11(2)20-10-13(18)9-17(3)8-12-5-6-15(19-4)14(16)7-12/h5-7,11,13,18H,8-10H2,1-4H3. The zero-order valence-electron chi connectivity index (χ0n) is 12.6. The maximum atomic E-state index is 13.6. The first-order chi connectivity index (χ1) is 9.42. The van der Waals surface area contributed by atoms with E-state index in [4.69, 9.17) is 9.47 Å². The first kappa shape index (κ1) is 16.9. The molecule has 1 aromatic rings. The van der Waals surface area contributed by atoms with Crippen LogP contribution in [0.5, 0.6) is 5.75 Å². The lowest BCUT2D eigenvalue weighted by atomic mass is 10.2. The Hall–Kier alpha value is -1.17. The molecule has 1 aromatic carbocycles. The van der Waals surface area contributed by atoms with E-state index in [0.29, 0.717) is 19.7 Å². The minimum Gasteiger partial charge on any atom is -0.494 e. The van der Waals surface area contributed by atoms with E-state index in [-0.39, 0.29) is 17.7 Å². The van der Waals surface area contributed by atoms with Gasteiger partial charge in [0.15, 0.2) is 11.6 Å². The van der Waals surface area contributed by atoms with Gasteiger partial charge in [0.1, 0.15) is 0 Å². The van der Waals surface area contributed by atoms with Crippen molar-refractivity contribution < 1.29 is 19.0 Å². The van der Waals surface area contributed by atoms with Crippen molar-refractivity contribution in [3.05, 3.63) is 29.6 Å². The Kier molecular flexibility index (Phi) is 6.91. The summed E-state index contributed by atoms with van der Waals surface area (Å²) in [7, 11) is 3.32. The third kappa shape index (κ3) is 5.86. The van der Waals surface area contributed by atoms with Gasteiger partial charge in [-0.2, -0.15) is 0 Å². The molecule has 1 N–H and O–H groups in total. The van der Waals surface area contributed by atoms with E-state index in [1.54, 1.807) is 6.07 Å². The molecular weight excluding hydrogens is 261 g/mol. The lowest BCUT2D eigenvalue weighted by Crippen LogP contribution is -2.32. The highest BCUT2D eigenvalue weighted by atomic mass is 19.1. The van der Waals surface area contributed by atoms with E-state index < -0.39 is 6.10 Å². The van der Waals surface area contributed by atoms with Gasteiger partial charge >= 0.3 is 0 Å². The molecule has 0 bridgehead atoms. The number of aliphatic hydroxyl groups is 1. The fourth-order valence-electron chi connectivity index (χ4n) is 1.90. The normalized spacial score (nSPS) is 13.0. The first-order valence-corrected chi connectivity index (χ1v) is 6.73. The molecule has 1 rings (SSSR count). The van der Waals surface area contributed by atoms with Gasteiger partial charge in [0, 0.05) is 13.1 Å². The molecule has 0 saturated carbocycles. The summed E-state index contributed by atoms with van der Waals surface area (Å²) in [5, 5.41) is 9.82. The monoisotopic (exact) mass is 285 g/mol. The fourth-order valence-corrected chi connectivity index (χ4v) is 1.90. The summed E-state index contributed by atoms with van der Waals surface area (Å²) in [5.74, 6) is -0.135. The molecule has 114 valence electrons. The van der Waals surface area contributed by atoms with Crippen molar-refractivity contribution in [2.45, 2.75) is 32.6 Å². The summed E-state index contributed by atoms with van der Waals surface area (Å²) in [6.07, 6.45) is -0.448. The van der Waals surface area contributed by atoms with Gasteiger partial charge in [0.2, 0.25) is 0 Å². The summed E-state index contributed by atoms with van der Waals surface area (Å²) in [4.78, 5) is 1.93. The van der Waals surface area contributed by atoms with Gasteiger partial charge < -0.3 is 14.6 Å². The van der Waals surface area contributed by atoms with Crippen molar-refractivity contribution in [1.82, 2.24) is 4.90 Å². The third-order valence-electron chi connectivity index (χ3n) is 2.81. The van der Waals surface area contributed by atoms with Gasteiger partial charge in [-0.3, -0.25) is 4.90 Å². The van der Waals surface area contributed by atoms with Crippen molar-refractivity contribution in [1.29, 1.82) is 0 Å². The van der Waals surface area contributed by atoms with Crippen molar-refractivity contribution in [2.24, 2.45) is 0 Å². The molecule has 4 nitrogen and oxygen atoms in total. The van der Waals surface area contributed by atoms with Crippen LogP contribution in [0.1, 0.15) is 19.4 Å². The average Bonchev–Trinajstić information content (AvgIpc) is 2.36. The van der Waals surface area contributed by atoms with E-state index >= 15 is 0 Å². The number of likely N-dealkylation sites (N-methyl/N-ethyl adjacent to an activating group) is 1. The highest BCUT2D eigenvalue weighted by Crippen LogP contribution is 2.18. The van der Waals surface area contributed by atoms with E-state index in [9.17, 15) is 9.50 Å². The maximum Gasteiger partial charge on any atom is 0.165 e. The van der Waals surface area contributed by atoms with Crippen LogP contribution in [0.3, 0.4) is 0 Å². The smallest absolute Gasteiger partial charge is 0.165 e. The van der Waals surface area contributed by atoms with E-state index in [1.807, 2.05) is 31.9 Å². The molecule has 0 saturated heterocycles. The lowest BCUT2D eigenvalue weighted by Gasteiger charge is -2.21.